The molecule has 0 aliphatic rings. The third kappa shape index (κ3) is 2.33. The Morgan fingerprint density at radius 1 is 1.24 bits per heavy atom. The van der Waals surface area contributed by atoms with Crippen LogP contribution in [0.15, 0.2) is 35.0 Å². The molecule has 21 heavy (non-hydrogen) atoms. The highest BCUT2D eigenvalue weighted by molar-refractivity contribution is 5.85. The third-order valence-corrected chi connectivity index (χ3v) is 2.84. The number of alkyl halides is 3. The molecule has 0 aliphatic carbocycles. The van der Waals surface area contributed by atoms with Gasteiger partial charge in [0.15, 0.2) is 17.3 Å². The zero-order valence-electron chi connectivity index (χ0n) is 10.3. The summed E-state index contributed by atoms with van der Waals surface area (Å²) in [6, 6.07) is 4.73. The number of halogens is 3. The molecule has 0 amide bonds. The van der Waals surface area contributed by atoms with Gasteiger partial charge in [0.25, 0.3) is 0 Å². The van der Waals surface area contributed by atoms with Gasteiger partial charge in [-0.3, -0.25) is 0 Å². The van der Waals surface area contributed by atoms with Crippen LogP contribution < -0.4 is 5.73 Å². The SMILES string of the molecule is Nc1noc(-c2cn[nH]n2)c1-c1cccc(C(F)(F)F)c1. The average Bonchev–Trinajstić information content (AvgIpc) is 3.06. The van der Waals surface area contributed by atoms with Gasteiger partial charge in [0, 0.05) is 0 Å². The molecule has 0 aliphatic heterocycles. The lowest BCUT2D eigenvalue weighted by Gasteiger charge is -2.08. The number of nitrogens with one attached hydrogen (secondary N) is 1. The minimum Gasteiger partial charge on any atom is -0.380 e. The molecule has 0 fully saturated rings. The fourth-order valence-electron chi connectivity index (χ4n) is 1.92. The largest absolute Gasteiger partial charge is 0.416 e. The maximum atomic E-state index is 12.8. The van der Waals surface area contributed by atoms with Crippen LogP contribution in [-0.4, -0.2) is 20.6 Å². The quantitative estimate of drug-likeness (QED) is 0.758. The molecule has 108 valence electrons. The van der Waals surface area contributed by atoms with Crippen molar-refractivity contribution in [3.8, 4) is 22.6 Å². The maximum Gasteiger partial charge on any atom is 0.416 e. The number of nitrogens with zero attached hydrogens (tertiary/aromatic N) is 3. The Morgan fingerprint density at radius 3 is 2.71 bits per heavy atom. The minimum absolute atomic E-state index is 0.0210. The first kappa shape index (κ1) is 13.2. The van der Waals surface area contributed by atoms with E-state index in [2.05, 4.69) is 20.6 Å². The summed E-state index contributed by atoms with van der Waals surface area (Å²) in [5.74, 6) is 0.132. The molecular weight excluding hydrogens is 287 g/mol. The second-order valence-corrected chi connectivity index (χ2v) is 4.21. The van der Waals surface area contributed by atoms with Gasteiger partial charge < -0.3 is 10.3 Å². The van der Waals surface area contributed by atoms with Crippen LogP contribution in [0.3, 0.4) is 0 Å². The van der Waals surface area contributed by atoms with Gasteiger partial charge in [-0.15, -0.1) is 0 Å². The van der Waals surface area contributed by atoms with Crippen LogP contribution in [0.2, 0.25) is 0 Å². The molecule has 3 rings (SSSR count). The number of rotatable bonds is 2. The molecule has 0 saturated heterocycles. The lowest BCUT2D eigenvalue weighted by atomic mass is 10.0. The molecule has 2 heterocycles. The van der Waals surface area contributed by atoms with Crippen molar-refractivity contribution in [2.24, 2.45) is 0 Å². The Bertz CT molecular complexity index is 764. The van der Waals surface area contributed by atoms with Crippen molar-refractivity contribution in [1.82, 2.24) is 20.6 Å². The number of anilines is 1. The smallest absolute Gasteiger partial charge is 0.380 e. The zero-order valence-corrected chi connectivity index (χ0v) is 10.3. The van der Waals surface area contributed by atoms with E-state index in [9.17, 15) is 13.2 Å². The zero-order chi connectivity index (χ0) is 15.0. The summed E-state index contributed by atoms with van der Waals surface area (Å²) in [7, 11) is 0. The van der Waals surface area contributed by atoms with Crippen LogP contribution in [0, 0.1) is 0 Å². The summed E-state index contributed by atoms with van der Waals surface area (Å²) in [5, 5.41) is 13.4. The third-order valence-electron chi connectivity index (χ3n) is 2.84. The van der Waals surface area contributed by atoms with Gasteiger partial charge in [0.2, 0.25) is 0 Å². The number of nitrogens with two attached hydrogens (primary N) is 1. The molecule has 0 bridgehead atoms. The molecule has 9 heteroatoms. The molecule has 0 saturated carbocycles. The van der Waals surface area contributed by atoms with Crippen molar-refractivity contribution < 1.29 is 17.7 Å². The number of H-pyrrole nitrogens is 1. The fraction of sp³-hybridized carbons (Fsp3) is 0.0833. The van der Waals surface area contributed by atoms with E-state index in [0.29, 0.717) is 5.69 Å². The van der Waals surface area contributed by atoms with Crippen molar-refractivity contribution in [3.63, 3.8) is 0 Å². The molecule has 0 unspecified atom stereocenters. The molecule has 6 nitrogen and oxygen atoms in total. The lowest BCUT2D eigenvalue weighted by molar-refractivity contribution is -0.137. The van der Waals surface area contributed by atoms with Crippen molar-refractivity contribution in [3.05, 3.63) is 36.0 Å². The predicted octanol–water partition coefficient (Wildman–Crippen LogP) is 2.73. The first-order valence-corrected chi connectivity index (χ1v) is 5.75. The van der Waals surface area contributed by atoms with Gasteiger partial charge in [-0.2, -0.15) is 28.6 Å². The summed E-state index contributed by atoms with van der Waals surface area (Å²) in [5.41, 5.74) is 5.69. The molecule has 0 spiro atoms. The standard InChI is InChI=1S/C12H8F3N5O/c13-12(14,15)7-3-1-2-6(4-7)9-10(21-19-11(9)16)8-5-17-20-18-8/h1-5H,(H2,16,19)(H,17,18,20). The highest BCUT2D eigenvalue weighted by Gasteiger charge is 2.31. The van der Waals surface area contributed by atoms with Crippen LogP contribution in [0.4, 0.5) is 19.0 Å². The molecule has 1 aromatic carbocycles. The molecule has 3 N–H and O–H groups in total. The fourth-order valence-corrected chi connectivity index (χ4v) is 1.92. The van der Waals surface area contributed by atoms with E-state index < -0.39 is 11.7 Å². The Balaban J connectivity index is 2.16. The van der Waals surface area contributed by atoms with Crippen LogP contribution in [0.5, 0.6) is 0 Å². The van der Waals surface area contributed by atoms with Crippen molar-refractivity contribution in [2.75, 3.05) is 5.73 Å². The van der Waals surface area contributed by atoms with Gasteiger partial charge >= 0.3 is 6.18 Å². The summed E-state index contributed by atoms with van der Waals surface area (Å²) in [6.07, 6.45) is -3.09. The number of hydrogen-bond acceptors (Lipinski definition) is 5. The van der Waals surface area contributed by atoms with Crippen LogP contribution >= 0.6 is 0 Å². The molecule has 0 radical (unpaired) electrons. The number of benzene rings is 1. The van der Waals surface area contributed by atoms with E-state index in [0.717, 1.165) is 12.1 Å². The van der Waals surface area contributed by atoms with Gasteiger partial charge in [-0.25, -0.2) is 0 Å². The van der Waals surface area contributed by atoms with E-state index in [-0.39, 0.29) is 22.7 Å². The van der Waals surface area contributed by atoms with Crippen molar-refractivity contribution in [1.29, 1.82) is 0 Å². The van der Waals surface area contributed by atoms with E-state index in [1.165, 1.54) is 18.3 Å². The summed E-state index contributed by atoms with van der Waals surface area (Å²) < 4.78 is 43.4. The first-order chi connectivity index (χ1) is 9.97. The number of aromatic nitrogens is 4. The van der Waals surface area contributed by atoms with E-state index in [4.69, 9.17) is 10.3 Å². The Hall–Kier alpha value is -2.84. The minimum atomic E-state index is -4.45. The van der Waals surface area contributed by atoms with Crippen LogP contribution in [0.25, 0.3) is 22.6 Å². The van der Waals surface area contributed by atoms with E-state index in [1.807, 2.05) is 0 Å². The van der Waals surface area contributed by atoms with Crippen molar-refractivity contribution >= 4 is 5.82 Å². The number of hydrogen-bond donors (Lipinski definition) is 2. The molecule has 3 aromatic rings. The second kappa shape index (κ2) is 4.62. The number of aromatic amines is 1. The van der Waals surface area contributed by atoms with Gasteiger partial charge in [0.1, 0.15) is 0 Å². The summed E-state index contributed by atoms with van der Waals surface area (Å²) >= 11 is 0. The van der Waals surface area contributed by atoms with Crippen LogP contribution in [0.1, 0.15) is 5.56 Å². The monoisotopic (exact) mass is 295 g/mol. The molecular formula is C12H8F3N5O. The normalized spacial score (nSPS) is 11.8. The molecule has 2 aromatic heterocycles. The van der Waals surface area contributed by atoms with Crippen molar-refractivity contribution in [2.45, 2.75) is 6.18 Å². The molecule has 0 atom stereocenters. The lowest BCUT2D eigenvalue weighted by Crippen LogP contribution is -2.04. The predicted molar refractivity (Wildman–Crippen MR) is 66.7 cm³/mol. The summed E-state index contributed by atoms with van der Waals surface area (Å²) in [6.45, 7) is 0. The van der Waals surface area contributed by atoms with Crippen LogP contribution in [-0.2, 0) is 6.18 Å². The Morgan fingerprint density at radius 2 is 2.05 bits per heavy atom. The van der Waals surface area contributed by atoms with Gasteiger partial charge in [0.05, 0.1) is 17.3 Å². The summed E-state index contributed by atoms with van der Waals surface area (Å²) in [4.78, 5) is 0. The maximum absolute atomic E-state index is 12.8. The highest BCUT2D eigenvalue weighted by atomic mass is 19.4. The highest BCUT2D eigenvalue weighted by Crippen LogP contribution is 2.38. The van der Waals surface area contributed by atoms with E-state index >= 15 is 0 Å². The Kier molecular flexibility index (Phi) is 2.89. The topological polar surface area (TPSA) is 93.6 Å². The second-order valence-electron chi connectivity index (χ2n) is 4.21. The average molecular weight is 295 g/mol. The van der Waals surface area contributed by atoms with Gasteiger partial charge in [-0.05, 0) is 17.7 Å². The van der Waals surface area contributed by atoms with E-state index in [1.54, 1.807) is 0 Å². The first-order valence-electron chi connectivity index (χ1n) is 5.75. The van der Waals surface area contributed by atoms with Gasteiger partial charge in [-0.1, -0.05) is 17.3 Å². The number of nitrogen functional groups attached to an aromatic ring is 1. The Labute approximate surface area is 115 Å².